The number of likely N-dealkylation sites (tertiary alicyclic amines) is 1. The minimum absolute atomic E-state index is 0.0260. The molecule has 0 radical (unpaired) electrons. The maximum absolute atomic E-state index is 14.0. The van der Waals surface area contributed by atoms with Crippen LogP contribution in [0.25, 0.3) is 0 Å². The van der Waals surface area contributed by atoms with E-state index < -0.39 is 54.9 Å². The number of carbonyl (C=O) groups excluding carboxylic acids is 6. The zero-order valence-electron chi connectivity index (χ0n) is 27.3. The number of nitrogens with two attached hydrogens (primary N) is 1. The molecule has 1 aliphatic rings. The summed E-state index contributed by atoms with van der Waals surface area (Å²) < 4.78 is 9.17. The van der Waals surface area contributed by atoms with E-state index in [4.69, 9.17) is 5.73 Å². The number of carbonyl (C=O) groups is 6. The molecule has 3 aromatic rings. The SMILES string of the molecule is COC(=O)CNC(=O)[C@H](CSC1CC(=O)N(C[P+](c2ccccc2)(c2ccccc2)c2ccccc2)C1=O)NC(=O)CC[C@H](N)C(=O)OC. The van der Waals surface area contributed by atoms with Gasteiger partial charge in [-0.05, 0) is 42.8 Å². The second-order valence-corrected chi connectivity index (χ2v) is 15.9. The van der Waals surface area contributed by atoms with E-state index in [2.05, 4.69) is 20.1 Å². The summed E-state index contributed by atoms with van der Waals surface area (Å²) >= 11 is 1.07. The molecule has 3 atom stereocenters. The van der Waals surface area contributed by atoms with E-state index in [1.807, 2.05) is 91.0 Å². The average Bonchev–Trinajstić information content (AvgIpc) is 3.41. The molecular weight excluding hydrogens is 667 g/mol. The third kappa shape index (κ3) is 9.32. The molecule has 0 bridgehead atoms. The molecule has 258 valence electrons. The molecule has 4 amide bonds. The zero-order chi connectivity index (χ0) is 35.4. The number of ether oxygens (including phenoxy) is 2. The quantitative estimate of drug-likeness (QED) is 0.110. The van der Waals surface area contributed by atoms with Gasteiger partial charge in [-0.2, -0.15) is 0 Å². The summed E-state index contributed by atoms with van der Waals surface area (Å²) in [4.78, 5) is 78.1. The van der Waals surface area contributed by atoms with Crippen molar-refractivity contribution >= 4 is 70.5 Å². The third-order valence-electron chi connectivity index (χ3n) is 8.08. The van der Waals surface area contributed by atoms with Crippen molar-refractivity contribution in [2.75, 3.05) is 32.8 Å². The van der Waals surface area contributed by atoms with Crippen LogP contribution in [0, 0.1) is 0 Å². The number of nitrogens with zero attached hydrogens (tertiary/aromatic N) is 1. The van der Waals surface area contributed by atoms with Crippen LogP contribution in [0.15, 0.2) is 91.0 Å². The van der Waals surface area contributed by atoms with Crippen molar-refractivity contribution in [3.8, 4) is 0 Å². The fraction of sp³-hybridized carbons (Fsp3) is 0.314. The minimum Gasteiger partial charge on any atom is -0.468 e. The Morgan fingerprint density at radius 3 is 1.90 bits per heavy atom. The topological polar surface area (TPSA) is 174 Å². The van der Waals surface area contributed by atoms with Gasteiger partial charge in [0.15, 0.2) is 6.29 Å². The van der Waals surface area contributed by atoms with Gasteiger partial charge in [-0.25, -0.2) is 4.90 Å². The fourth-order valence-electron chi connectivity index (χ4n) is 5.46. The Morgan fingerprint density at radius 1 is 0.878 bits per heavy atom. The monoisotopic (exact) mass is 707 g/mol. The maximum atomic E-state index is 14.0. The van der Waals surface area contributed by atoms with Crippen molar-refractivity contribution in [1.82, 2.24) is 15.5 Å². The normalized spacial score (nSPS) is 15.7. The summed E-state index contributed by atoms with van der Waals surface area (Å²) in [5, 5.41) is 7.26. The number of hydrogen-bond acceptors (Lipinski definition) is 10. The molecule has 1 aliphatic heterocycles. The van der Waals surface area contributed by atoms with Crippen LogP contribution in [0.2, 0.25) is 0 Å². The van der Waals surface area contributed by atoms with Gasteiger partial charge >= 0.3 is 11.9 Å². The standard InChI is InChI=1S/C35H39N4O8PS/c1-46-32(42)21-37-33(43)28(38-30(40)19-18-27(36)35(45)47-2)22-49-29-20-31(41)39(34(29)44)23-48(24-12-6-3-7-13-24,25-14-8-4-9-15-25)26-16-10-5-11-17-26/h3-17,27-29H,18-23,36H2,1-2H3,(H-,37,38,40,43)/p+1/t27-,28-,29?/m0/s1. The van der Waals surface area contributed by atoms with E-state index >= 15 is 0 Å². The highest BCUT2D eigenvalue weighted by molar-refractivity contribution is 8.00. The Labute approximate surface area is 289 Å². The molecule has 1 saturated heterocycles. The summed E-state index contributed by atoms with van der Waals surface area (Å²) in [5.41, 5.74) is 5.74. The lowest BCUT2D eigenvalue weighted by Gasteiger charge is -2.30. The molecule has 0 aromatic heterocycles. The molecule has 49 heavy (non-hydrogen) atoms. The molecule has 3 aromatic carbocycles. The van der Waals surface area contributed by atoms with E-state index in [0.29, 0.717) is 0 Å². The van der Waals surface area contributed by atoms with Crippen LogP contribution in [0.4, 0.5) is 0 Å². The van der Waals surface area contributed by atoms with Crippen LogP contribution in [0.1, 0.15) is 19.3 Å². The van der Waals surface area contributed by atoms with E-state index in [1.165, 1.54) is 19.1 Å². The van der Waals surface area contributed by atoms with Crippen molar-refractivity contribution in [2.24, 2.45) is 5.73 Å². The van der Waals surface area contributed by atoms with Gasteiger partial charge in [0.25, 0.3) is 0 Å². The number of esters is 2. The Balaban J connectivity index is 1.56. The van der Waals surface area contributed by atoms with Gasteiger partial charge in [0.1, 0.15) is 41.8 Å². The molecule has 1 unspecified atom stereocenters. The maximum Gasteiger partial charge on any atom is 0.325 e. The molecule has 1 fully saturated rings. The zero-order valence-corrected chi connectivity index (χ0v) is 29.0. The summed E-state index contributed by atoms with van der Waals surface area (Å²) in [5.74, 6) is -3.41. The van der Waals surface area contributed by atoms with Crippen molar-refractivity contribution in [1.29, 1.82) is 0 Å². The first-order chi connectivity index (χ1) is 23.6. The Hall–Kier alpha value is -4.58. The van der Waals surface area contributed by atoms with Crippen molar-refractivity contribution in [3.63, 3.8) is 0 Å². The van der Waals surface area contributed by atoms with E-state index in [-0.39, 0.29) is 43.1 Å². The summed E-state index contributed by atoms with van der Waals surface area (Å²) in [6, 6.07) is 27.5. The van der Waals surface area contributed by atoms with Gasteiger partial charge in [0, 0.05) is 18.6 Å². The second kappa shape index (κ2) is 17.7. The Kier molecular flexibility index (Phi) is 13.5. The number of benzene rings is 3. The first-order valence-electron chi connectivity index (χ1n) is 15.6. The van der Waals surface area contributed by atoms with Crippen LogP contribution in [-0.2, 0) is 38.2 Å². The third-order valence-corrected chi connectivity index (χ3v) is 13.6. The van der Waals surface area contributed by atoms with Gasteiger partial charge in [0.05, 0.1) is 19.5 Å². The summed E-state index contributed by atoms with van der Waals surface area (Å²) in [6.45, 7) is -0.432. The van der Waals surface area contributed by atoms with Gasteiger partial charge in [-0.15, -0.1) is 11.8 Å². The minimum atomic E-state index is -2.56. The molecule has 14 heteroatoms. The van der Waals surface area contributed by atoms with Gasteiger partial charge in [-0.1, -0.05) is 54.6 Å². The molecule has 0 aliphatic carbocycles. The van der Waals surface area contributed by atoms with Crippen LogP contribution in [-0.4, -0.2) is 90.6 Å². The lowest BCUT2D eigenvalue weighted by Crippen LogP contribution is -2.50. The Morgan fingerprint density at radius 2 is 1.41 bits per heavy atom. The second-order valence-electron chi connectivity index (χ2n) is 11.2. The van der Waals surface area contributed by atoms with Gasteiger partial charge in [-0.3, -0.25) is 28.8 Å². The van der Waals surface area contributed by atoms with Crippen molar-refractivity contribution in [3.05, 3.63) is 91.0 Å². The Bertz CT molecular complexity index is 1530. The number of hydrogen-bond donors (Lipinski definition) is 3. The van der Waals surface area contributed by atoms with E-state index in [1.54, 1.807) is 0 Å². The molecule has 12 nitrogen and oxygen atoms in total. The number of nitrogens with one attached hydrogen (secondary N) is 2. The number of methoxy groups -OCH3 is 2. The molecular formula is C35H40N4O8PS+. The molecule has 4 rings (SSSR count). The number of imide groups is 1. The number of amides is 4. The summed E-state index contributed by atoms with van der Waals surface area (Å²) in [6.07, 6.45) is -0.136. The lowest BCUT2D eigenvalue weighted by molar-refractivity contribution is -0.142. The summed E-state index contributed by atoms with van der Waals surface area (Å²) in [7, 11) is -0.198. The van der Waals surface area contributed by atoms with Crippen LogP contribution < -0.4 is 32.3 Å². The predicted molar refractivity (Wildman–Crippen MR) is 189 cm³/mol. The van der Waals surface area contributed by atoms with Crippen molar-refractivity contribution < 1.29 is 38.2 Å². The highest BCUT2D eigenvalue weighted by Gasteiger charge is 2.52. The van der Waals surface area contributed by atoms with E-state index in [0.717, 1.165) is 27.7 Å². The van der Waals surface area contributed by atoms with Gasteiger partial charge in [0.2, 0.25) is 23.6 Å². The average molecular weight is 708 g/mol. The molecule has 0 spiro atoms. The molecule has 0 saturated carbocycles. The largest absolute Gasteiger partial charge is 0.468 e. The van der Waals surface area contributed by atoms with Crippen LogP contribution in [0.5, 0.6) is 0 Å². The fourth-order valence-corrected chi connectivity index (χ4v) is 10.8. The molecule has 4 N–H and O–H groups in total. The number of thioether (sulfide) groups is 1. The predicted octanol–water partition coefficient (Wildman–Crippen LogP) is 0.853. The first kappa shape index (κ1) is 37.2. The van der Waals surface area contributed by atoms with Crippen LogP contribution >= 0.6 is 19.0 Å². The van der Waals surface area contributed by atoms with Crippen molar-refractivity contribution in [2.45, 2.75) is 36.6 Å². The van der Waals surface area contributed by atoms with E-state index in [9.17, 15) is 28.8 Å². The first-order valence-corrected chi connectivity index (χ1v) is 18.6. The highest BCUT2D eigenvalue weighted by Crippen LogP contribution is 2.56. The highest BCUT2D eigenvalue weighted by atomic mass is 32.2. The van der Waals surface area contributed by atoms with Gasteiger partial charge < -0.3 is 25.8 Å². The lowest BCUT2D eigenvalue weighted by atomic mass is 10.1. The smallest absolute Gasteiger partial charge is 0.325 e. The van der Waals surface area contributed by atoms with Crippen LogP contribution in [0.3, 0.4) is 0 Å². The molecule has 1 heterocycles. The number of rotatable bonds is 16.